The molecule has 232 valence electrons. The fourth-order valence-electron chi connectivity index (χ4n) is 5.37. The van der Waals surface area contributed by atoms with Crippen LogP contribution in [0.4, 0.5) is 26.8 Å². The summed E-state index contributed by atoms with van der Waals surface area (Å²) < 4.78 is 26.1. The van der Waals surface area contributed by atoms with Crippen molar-refractivity contribution in [1.29, 1.82) is 0 Å². The number of amides is 2. The number of nitrogens with zero attached hydrogens (tertiary/aromatic N) is 5. The Morgan fingerprint density at radius 3 is 2.80 bits per heavy atom. The molecule has 1 saturated heterocycles. The highest BCUT2D eigenvalue weighted by Gasteiger charge is 2.46. The molecule has 0 saturated carbocycles. The minimum absolute atomic E-state index is 0.0788. The standard InChI is InChI=1S/C31H29ClFN7O4S/c1-5-25(41)39-11-12-40-24(16-39)31(2,3)44-22-13-17(14-34-28(22)40)20-9-10-21(43-4)27(36-20)38-30-35-15-23(45-30)29(42)37-26-18(32)7-6-8-19(26)33/h5-10,13-15,24H,1,11-12,16H2,2-4H3,(H,37,42)(H,35,36,38). The fourth-order valence-corrected chi connectivity index (χ4v) is 6.29. The quantitative estimate of drug-likeness (QED) is 0.240. The largest absolute Gasteiger partial charge is 0.493 e. The summed E-state index contributed by atoms with van der Waals surface area (Å²) in [5.41, 5.74) is 0.618. The molecule has 1 fully saturated rings. The van der Waals surface area contributed by atoms with Crippen LogP contribution in [0.5, 0.6) is 11.5 Å². The molecule has 0 bridgehead atoms. The van der Waals surface area contributed by atoms with Crippen molar-refractivity contribution in [1.82, 2.24) is 19.9 Å². The molecule has 6 rings (SSSR count). The maximum Gasteiger partial charge on any atom is 0.267 e. The number of hydrogen-bond acceptors (Lipinski definition) is 10. The Morgan fingerprint density at radius 2 is 2.04 bits per heavy atom. The molecule has 2 aliphatic heterocycles. The molecule has 4 aromatic rings. The van der Waals surface area contributed by atoms with Gasteiger partial charge in [0.1, 0.15) is 16.3 Å². The summed E-state index contributed by atoms with van der Waals surface area (Å²) in [6.07, 6.45) is 4.45. The Bertz CT molecular complexity index is 1800. The second-order valence-electron chi connectivity index (χ2n) is 10.9. The molecule has 0 radical (unpaired) electrons. The van der Waals surface area contributed by atoms with Gasteiger partial charge in [0, 0.05) is 31.4 Å². The smallest absolute Gasteiger partial charge is 0.267 e. The Hall–Kier alpha value is -4.75. The van der Waals surface area contributed by atoms with Crippen LogP contribution in [0.25, 0.3) is 11.3 Å². The van der Waals surface area contributed by atoms with Gasteiger partial charge in [0.15, 0.2) is 28.3 Å². The number of carbonyl (C=O) groups excluding carboxylic acids is 2. The number of rotatable bonds is 7. The van der Waals surface area contributed by atoms with E-state index in [1.807, 2.05) is 26.0 Å². The van der Waals surface area contributed by atoms with Crippen LogP contribution in [0.1, 0.15) is 23.5 Å². The molecule has 2 aliphatic rings. The van der Waals surface area contributed by atoms with Crippen molar-refractivity contribution >= 4 is 57.2 Å². The van der Waals surface area contributed by atoms with E-state index >= 15 is 0 Å². The summed E-state index contributed by atoms with van der Waals surface area (Å²) in [5.74, 6) is 0.865. The summed E-state index contributed by atoms with van der Waals surface area (Å²) >= 11 is 7.10. The lowest BCUT2D eigenvalue weighted by atomic mass is 9.92. The van der Waals surface area contributed by atoms with Gasteiger partial charge in [0.05, 0.1) is 35.8 Å². The number of benzene rings is 1. The van der Waals surface area contributed by atoms with E-state index in [4.69, 9.17) is 31.0 Å². The molecule has 3 aromatic heterocycles. The molecule has 0 spiro atoms. The highest BCUT2D eigenvalue weighted by Crippen LogP contribution is 2.42. The second kappa shape index (κ2) is 12.0. The van der Waals surface area contributed by atoms with E-state index in [9.17, 15) is 14.0 Å². The molecular formula is C31H29ClFN7O4S. The summed E-state index contributed by atoms with van der Waals surface area (Å²) in [7, 11) is 1.52. The average Bonchev–Trinajstić information content (AvgIpc) is 3.50. The van der Waals surface area contributed by atoms with Gasteiger partial charge in [-0.05, 0) is 50.3 Å². The van der Waals surface area contributed by atoms with Crippen molar-refractivity contribution in [3.05, 3.63) is 77.2 Å². The lowest BCUT2D eigenvalue weighted by molar-refractivity contribution is -0.127. The normalized spacial score (nSPS) is 16.6. The third-order valence-electron chi connectivity index (χ3n) is 7.68. The first kappa shape index (κ1) is 30.3. The first-order valence-electron chi connectivity index (χ1n) is 14.0. The van der Waals surface area contributed by atoms with Crippen LogP contribution in [0.2, 0.25) is 5.02 Å². The van der Waals surface area contributed by atoms with Crippen molar-refractivity contribution in [3.8, 4) is 22.8 Å². The molecule has 5 heterocycles. The summed E-state index contributed by atoms with van der Waals surface area (Å²) in [6.45, 7) is 9.31. The lowest BCUT2D eigenvalue weighted by Gasteiger charge is -2.51. The van der Waals surface area contributed by atoms with Gasteiger partial charge in [0.25, 0.3) is 5.91 Å². The zero-order valence-corrected chi connectivity index (χ0v) is 26.2. The van der Waals surface area contributed by atoms with Gasteiger partial charge in [-0.25, -0.2) is 19.3 Å². The van der Waals surface area contributed by atoms with E-state index in [0.717, 1.165) is 16.9 Å². The minimum atomic E-state index is -0.641. The van der Waals surface area contributed by atoms with E-state index < -0.39 is 17.3 Å². The number of halogens is 2. The lowest BCUT2D eigenvalue weighted by Crippen LogP contribution is -2.65. The topological polar surface area (TPSA) is 122 Å². The van der Waals surface area contributed by atoms with Crippen molar-refractivity contribution in [2.24, 2.45) is 0 Å². The SMILES string of the molecule is C=CC(=O)N1CCN2c3ncc(-c4ccc(OC)c(Nc5ncc(C(=O)Nc6c(F)cccc6Cl)s5)n4)cc3OC(C)(C)C2C1. The summed E-state index contributed by atoms with van der Waals surface area (Å²) in [5, 5.41) is 6.07. The Labute approximate surface area is 267 Å². The zero-order chi connectivity index (χ0) is 31.9. The van der Waals surface area contributed by atoms with E-state index in [1.54, 1.807) is 17.2 Å². The Morgan fingerprint density at radius 1 is 1.22 bits per heavy atom. The van der Waals surface area contributed by atoms with Crippen LogP contribution in [0.3, 0.4) is 0 Å². The van der Waals surface area contributed by atoms with E-state index in [0.29, 0.717) is 53.6 Å². The highest BCUT2D eigenvalue weighted by atomic mass is 35.5. The average molecular weight is 650 g/mol. The molecule has 1 atom stereocenters. The molecule has 14 heteroatoms. The minimum Gasteiger partial charge on any atom is -0.493 e. The van der Waals surface area contributed by atoms with Gasteiger partial charge in [-0.1, -0.05) is 35.6 Å². The number of thiazole rings is 1. The van der Waals surface area contributed by atoms with E-state index in [-0.39, 0.29) is 27.5 Å². The molecule has 2 amide bonds. The number of piperazine rings is 1. The molecule has 45 heavy (non-hydrogen) atoms. The van der Waals surface area contributed by atoms with Crippen molar-refractivity contribution in [2.75, 3.05) is 42.3 Å². The van der Waals surface area contributed by atoms with Gasteiger partial charge in [0.2, 0.25) is 5.91 Å². The second-order valence-corrected chi connectivity index (χ2v) is 12.3. The van der Waals surface area contributed by atoms with Gasteiger partial charge in [-0.15, -0.1) is 0 Å². The third kappa shape index (κ3) is 5.88. The first-order valence-corrected chi connectivity index (χ1v) is 15.2. The van der Waals surface area contributed by atoms with Gasteiger partial charge in [-0.3, -0.25) is 9.59 Å². The van der Waals surface area contributed by atoms with Crippen molar-refractivity contribution in [3.63, 3.8) is 0 Å². The monoisotopic (exact) mass is 649 g/mol. The summed E-state index contributed by atoms with van der Waals surface area (Å²) in [4.78, 5) is 43.1. The molecule has 0 aliphatic carbocycles. The van der Waals surface area contributed by atoms with E-state index in [2.05, 4.69) is 27.1 Å². The van der Waals surface area contributed by atoms with Crippen LogP contribution in [-0.2, 0) is 4.79 Å². The number of para-hydroxylation sites is 1. The summed E-state index contributed by atoms with van der Waals surface area (Å²) in [6, 6.07) is 9.55. The number of ether oxygens (including phenoxy) is 2. The van der Waals surface area contributed by atoms with Crippen molar-refractivity contribution in [2.45, 2.75) is 25.5 Å². The molecule has 11 nitrogen and oxygen atoms in total. The number of aromatic nitrogens is 3. The highest BCUT2D eigenvalue weighted by molar-refractivity contribution is 7.17. The van der Waals surface area contributed by atoms with E-state index in [1.165, 1.54) is 37.6 Å². The number of anilines is 4. The van der Waals surface area contributed by atoms with Crippen LogP contribution in [0.15, 0.2) is 61.4 Å². The molecule has 1 aromatic carbocycles. The van der Waals surface area contributed by atoms with Crippen molar-refractivity contribution < 1.29 is 23.5 Å². The van der Waals surface area contributed by atoms with Crippen LogP contribution in [0, 0.1) is 5.82 Å². The predicted molar refractivity (Wildman–Crippen MR) is 171 cm³/mol. The predicted octanol–water partition coefficient (Wildman–Crippen LogP) is 5.77. The molecular weight excluding hydrogens is 621 g/mol. The van der Waals surface area contributed by atoms with Crippen LogP contribution in [-0.4, -0.2) is 70.1 Å². The van der Waals surface area contributed by atoms with Gasteiger partial charge in [-0.2, -0.15) is 0 Å². The number of fused-ring (bicyclic) bond motifs is 3. The van der Waals surface area contributed by atoms with Gasteiger partial charge >= 0.3 is 0 Å². The number of pyridine rings is 2. The number of methoxy groups -OCH3 is 1. The van der Waals surface area contributed by atoms with Gasteiger partial charge < -0.3 is 29.9 Å². The number of carbonyl (C=O) groups is 2. The third-order valence-corrected chi connectivity index (χ3v) is 8.90. The van der Waals surface area contributed by atoms with Crippen LogP contribution < -0.4 is 25.0 Å². The fraction of sp³-hybridized carbons (Fsp3) is 0.258. The molecule has 1 unspecified atom stereocenters. The Kier molecular flexibility index (Phi) is 8.06. The molecule has 2 N–H and O–H groups in total. The number of hydrogen-bond donors (Lipinski definition) is 2. The van der Waals surface area contributed by atoms with Crippen LogP contribution >= 0.6 is 22.9 Å². The maximum atomic E-state index is 14.2. The maximum absolute atomic E-state index is 14.2. The Balaban J connectivity index is 1.23. The first-order chi connectivity index (χ1) is 21.6. The number of nitrogens with one attached hydrogen (secondary N) is 2. The zero-order valence-electron chi connectivity index (χ0n) is 24.6.